The molecule has 330 valence electrons. The van der Waals surface area contributed by atoms with Crippen molar-refractivity contribution >= 4 is 72.5 Å². The first kappa shape index (κ1) is 41.2. The second-order valence-electron chi connectivity index (χ2n) is 16.3. The Balaban J connectivity index is 0.917. The molecule has 0 aliphatic carbocycles. The van der Waals surface area contributed by atoms with Crippen LogP contribution in [-0.4, -0.2) is 158 Å². The molecule has 0 saturated carbocycles. The van der Waals surface area contributed by atoms with E-state index < -0.39 is 73.8 Å². The van der Waals surface area contributed by atoms with Gasteiger partial charge in [0.2, 0.25) is 0 Å². The second kappa shape index (κ2) is 16.1. The number of rotatable bonds is 13. The van der Waals surface area contributed by atoms with Crippen LogP contribution in [0.3, 0.4) is 0 Å². The van der Waals surface area contributed by atoms with Crippen LogP contribution in [0.15, 0.2) is 61.2 Å². The predicted molar refractivity (Wildman–Crippen MR) is 225 cm³/mol. The van der Waals surface area contributed by atoms with Crippen molar-refractivity contribution in [3.05, 3.63) is 72.3 Å². The SMILES string of the molecule is Nc1ncnc2c1ncn2[C@@H]1O[C@H](CN(CCO[C@H]2[C@H](O)[C@@H](O)[C@H](n3c4ccccc4c4c5c(c6c7ccccc7[nH]c6c43)CNC5=O)O[C@@H]2CO)CC[C@H](N)C(=O)O)[C@@H](O)[C@H]1O. The zero-order chi connectivity index (χ0) is 43.8. The summed E-state index contributed by atoms with van der Waals surface area (Å²) in [5.74, 6) is -1.31. The van der Waals surface area contributed by atoms with Gasteiger partial charge in [-0.15, -0.1) is 0 Å². The van der Waals surface area contributed by atoms with Gasteiger partial charge in [0.15, 0.2) is 23.9 Å². The van der Waals surface area contributed by atoms with Gasteiger partial charge in [-0.3, -0.25) is 19.1 Å². The lowest BCUT2D eigenvalue weighted by Crippen LogP contribution is -2.58. The number of nitrogens with two attached hydrogens (primary N) is 2. The number of aliphatic hydroxyl groups excluding tert-OH is 5. The van der Waals surface area contributed by atoms with Crippen molar-refractivity contribution in [2.24, 2.45) is 5.73 Å². The zero-order valence-electron chi connectivity index (χ0n) is 33.6. The Morgan fingerprint density at radius 1 is 0.937 bits per heavy atom. The molecule has 0 radical (unpaired) electrons. The van der Waals surface area contributed by atoms with Crippen molar-refractivity contribution in [3.8, 4) is 0 Å². The van der Waals surface area contributed by atoms with Crippen molar-refractivity contribution in [2.45, 2.75) is 74.2 Å². The highest BCUT2D eigenvalue weighted by atomic mass is 16.6. The minimum Gasteiger partial charge on any atom is -0.480 e. The number of aliphatic hydroxyl groups is 5. The van der Waals surface area contributed by atoms with Crippen molar-refractivity contribution in [1.82, 2.24) is 39.3 Å². The number of amides is 1. The summed E-state index contributed by atoms with van der Waals surface area (Å²) in [7, 11) is 0. The van der Waals surface area contributed by atoms with Gasteiger partial charge in [0.25, 0.3) is 5.91 Å². The summed E-state index contributed by atoms with van der Waals surface area (Å²) >= 11 is 0. The first-order valence-corrected chi connectivity index (χ1v) is 20.6. The van der Waals surface area contributed by atoms with Crippen molar-refractivity contribution in [2.75, 3.05) is 38.6 Å². The third-order valence-electron chi connectivity index (χ3n) is 12.7. The lowest BCUT2D eigenvalue weighted by molar-refractivity contribution is -0.260. The lowest BCUT2D eigenvalue weighted by atomic mass is 9.96. The maximum Gasteiger partial charge on any atom is 0.320 e. The number of fused-ring (bicyclic) bond motifs is 11. The number of H-pyrrole nitrogens is 1. The number of aromatic nitrogens is 6. The fraction of sp³-hybridized carbons (Fsp3) is 0.405. The number of carbonyl (C=O) groups is 2. The number of nitrogens with zero attached hydrogens (tertiary/aromatic N) is 6. The summed E-state index contributed by atoms with van der Waals surface area (Å²) in [6, 6.07) is 14.0. The molecule has 2 saturated heterocycles. The number of hydrogen-bond donors (Lipinski definition) is 10. The van der Waals surface area contributed by atoms with Gasteiger partial charge in [0.05, 0.1) is 41.7 Å². The summed E-state index contributed by atoms with van der Waals surface area (Å²) in [5.41, 5.74) is 16.5. The molecule has 4 aromatic heterocycles. The minimum atomic E-state index is -1.59. The fourth-order valence-corrected chi connectivity index (χ4v) is 9.58. The summed E-state index contributed by atoms with van der Waals surface area (Å²) in [5, 5.41) is 72.4. The van der Waals surface area contributed by atoms with E-state index >= 15 is 0 Å². The van der Waals surface area contributed by atoms with Crippen LogP contribution in [0.4, 0.5) is 5.82 Å². The number of carboxylic acids is 1. The van der Waals surface area contributed by atoms with Gasteiger partial charge in [0.1, 0.15) is 60.6 Å². The molecule has 3 aliphatic heterocycles. The highest BCUT2D eigenvalue weighted by Crippen LogP contribution is 2.46. The molecule has 21 nitrogen and oxygen atoms in total. The van der Waals surface area contributed by atoms with E-state index in [1.54, 1.807) is 9.47 Å². The number of para-hydroxylation sites is 2. The fourth-order valence-electron chi connectivity index (χ4n) is 9.58. The van der Waals surface area contributed by atoms with Gasteiger partial charge in [-0.05, 0) is 24.1 Å². The number of anilines is 1. The third kappa shape index (κ3) is 6.67. The smallest absolute Gasteiger partial charge is 0.320 e. The van der Waals surface area contributed by atoms with Gasteiger partial charge in [-0.25, -0.2) is 15.0 Å². The largest absolute Gasteiger partial charge is 0.480 e. The molecule has 2 fully saturated rings. The number of benzene rings is 3. The number of aliphatic carboxylic acids is 1. The van der Waals surface area contributed by atoms with Crippen molar-refractivity contribution in [3.63, 3.8) is 0 Å². The van der Waals surface area contributed by atoms with E-state index in [4.69, 9.17) is 25.7 Å². The van der Waals surface area contributed by atoms with E-state index in [1.807, 2.05) is 48.5 Å². The molecule has 3 aliphatic rings. The van der Waals surface area contributed by atoms with Crippen LogP contribution in [0.2, 0.25) is 0 Å². The molecule has 3 aromatic carbocycles. The van der Waals surface area contributed by atoms with E-state index in [0.717, 1.165) is 32.8 Å². The van der Waals surface area contributed by atoms with Gasteiger partial charge >= 0.3 is 5.97 Å². The molecule has 0 unspecified atom stereocenters. The molecule has 63 heavy (non-hydrogen) atoms. The molecule has 21 heteroatoms. The first-order valence-electron chi connectivity index (χ1n) is 20.6. The Labute approximate surface area is 356 Å². The van der Waals surface area contributed by atoms with Crippen LogP contribution in [0, 0.1) is 0 Å². The number of aromatic amines is 1. The van der Waals surface area contributed by atoms with Crippen molar-refractivity contribution < 1.29 is 54.4 Å². The standard InChI is InChI=1S/C42H46N10O11/c43-21(42(59)60)9-10-50(14-24-32(54)34(56)40(62-24)51-17-48-30-37(44)46-16-47-38(30)51)11-12-61-36-25(15-53)63-41(35(57)33(36)55)52-23-8-4-2-6-19(23)27-28-20(13-45-39(28)58)26-18-5-1-3-7-22(18)49-29(26)31(27)52/h1-8,16-17,21,24-25,32-36,40-41,49,53-57H,9-15,43H2,(H,45,58)(H,59,60)(H2,44,46,47)/t21-,24+,25+,32+,33+,34+,35+,36+,40+,41+/m0/s1. The normalized spacial score (nSPS) is 26.8. The lowest BCUT2D eigenvalue weighted by Gasteiger charge is -2.43. The van der Waals surface area contributed by atoms with Crippen molar-refractivity contribution in [1.29, 1.82) is 0 Å². The molecule has 12 N–H and O–H groups in total. The molecule has 0 bridgehead atoms. The number of carbonyl (C=O) groups excluding carboxylic acids is 1. The maximum absolute atomic E-state index is 13.6. The minimum absolute atomic E-state index is 0.00853. The monoisotopic (exact) mass is 866 g/mol. The molecule has 7 aromatic rings. The number of carboxylic acid groups (broad SMARTS) is 1. The number of hydrogen-bond acceptors (Lipinski definition) is 16. The Hall–Kier alpha value is -5.85. The summed E-state index contributed by atoms with van der Waals surface area (Å²) < 4.78 is 22.1. The van der Waals surface area contributed by atoms with Crippen LogP contribution in [-0.2, 0) is 25.5 Å². The summed E-state index contributed by atoms with van der Waals surface area (Å²) in [6.07, 6.45) is -9.05. The topological polar surface area (TPSA) is 315 Å². The molecule has 0 spiro atoms. The van der Waals surface area contributed by atoms with E-state index in [9.17, 15) is 40.2 Å². The van der Waals surface area contributed by atoms with Gasteiger partial charge in [-0.2, -0.15) is 0 Å². The molecule has 1 amide bonds. The van der Waals surface area contributed by atoms with Crippen LogP contribution in [0.1, 0.15) is 34.8 Å². The highest BCUT2D eigenvalue weighted by Gasteiger charge is 2.48. The van der Waals surface area contributed by atoms with E-state index in [1.165, 1.54) is 17.2 Å². The van der Waals surface area contributed by atoms with Gasteiger partial charge in [0, 0.05) is 53.2 Å². The third-order valence-corrected chi connectivity index (χ3v) is 12.7. The van der Waals surface area contributed by atoms with E-state index in [0.29, 0.717) is 28.5 Å². The Bertz CT molecular complexity index is 2900. The van der Waals surface area contributed by atoms with Crippen LogP contribution in [0.25, 0.3) is 54.8 Å². The van der Waals surface area contributed by atoms with E-state index in [2.05, 4.69) is 25.3 Å². The Kier molecular flexibility index (Phi) is 10.5. The molecular weight excluding hydrogens is 821 g/mol. The second-order valence-corrected chi connectivity index (χ2v) is 16.3. The van der Waals surface area contributed by atoms with Crippen LogP contribution >= 0.6 is 0 Å². The number of imidazole rings is 1. The Morgan fingerprint density at radius 2 is 1.68 bits per heavy atom. The van der Waals surface area contributed by atoms with E-state index in [-0.39, 0.29) is 55.6 Å². The van der Waals surface area contributed by atoms with Gasteiger partial charge < -0.3 is 71.2 Å². The molecule has 10 rings (SSSR count). The van der Waals surface area contributed by atoms with Gasteiger partial charge in [-0.1, -0.05) is 36.4 Å². The summed E-state index contributed by atoms with van der Waals surface area (Å²) in [4.78, 5) is 42.9. The number of nitrogens with one attached hydrogen (secondary N) is 2. The summed E-state index contributed by atoms with van der Waals surface area (Å²) in [6.45, 7) is -0.202. The quantitative estimate of drug-likeness (QED) is 0.0718. The average Bonchev–Trinajstić information content (AvgIpc) is 4.10. The zero-order valence-corrected chi connectivity index (χ0v) is 33.6. The molecular formula is C42H46N10O11. The Morgan fingerprint density at radius 3 is 2.48 bits per heavy atom. The maximum atomic E-state index is 13.6. The highest BCUT2D eigenvalue weighted by molar-refractivity contribution is 6.30. The van der Waals surface area contributed by atoms with Crippen LogP contribution in [0.5, 0.6) is 0 Å². The number of nitrogen functional groups attached to an aromatic ring is 1. The number of ether oxygens (including phenoxy) is 3. The average molecular weight is 867 g/mol. The predicted octanol–water partition coefficient (Wildman–Crippen LogP) is -0.186. The molecule has 10 atom stereocenters. The van der Waals surface area contributed by atoms with Crippen LogP contribution < -0.4 is 16.8 Å². The first-order chi connectivity index (χ1) is 30.5. The molecule has 7 heterocycles.